The second-order valence-corrected chi connectivity index (χ2v) is 6.46. The van der Waals surface area contributed by atoms with Gasteiger partial charge in [0.15, 0.2) is 0 Å². The van der Waals surface area contributed by atoms with Crippen molar-refractivity contribution in [3.63, 3.8) is 0 Å². The Kier molecular flexibility index (Phi) is 3.37. The van der Waals surface area contributed by atoms with Crippen LogP contribution in [0, 0.1) is 5.92 Å². The first kappa shape index (κ1) is 12.2. The van der Waals surface area contributed by atoms with Crippen LogP contribution in [0.25, 0.3) is 10.1 Å². The summed E-state index contributed by atoms with van der Waals surface area (Å²) in [5, 5.41) is 3.71. The van der Waals surface area contributed by atoms with Crippen molar-refractivity contribution in [1.82, 2.24) is 4.90 Å². The fourth-order valence-corrected chi connectivity index (χ4v) is 3.99. The topological polar surface area (TPSA) is 29.3 Å². The minimum absolute atomic E-state index is 0.346. The van der Waals surface area contributed by atoms with Crippen molar-refractivity contribution in [1.29, 1.82) is 0 Å². The number of nitrogens with two attached hydrogens (primary N) is 1. The molecule has 0 aliphatic carbocycles. The quantitative estimate of drug-likeness (QED) is 0.899. The van der Waals surface area contributed by atoms with Crippen LogP contribution in [0.5, 0.6) is 0 Å². The second kappa shape index (κ2) is 5.00. The van der Waals surface area contributed by atoms with Gasteiger partial charge in [-0.2, -0.15) is 0 Å². The van der Waals surface area contributed by atoms with Crippen LogP contribution in [-0.4, -0.2) is 24.0 Å². The predicted octanol–water partition coefficient (Wildman–Crippen LogP) is 3.07. The summed E-state index contributed by atoms with van der Waals surface area (Å²) in [6.07, 6.45) is 1.17. The van der Waals surface area contributed by atoms with E-state index in [1.165, 1.54) is 28.6 Å². The first-order valence-corrected chi connectivity index (χ1v) is 7.53. The van der Waals surface area contributed by atoms with Crippen molar-refractivity contribution >= 4 is 21.4 Å². The summed E-state index contributed by atoms with van der Waals surface area (Å²) in [6, 6.07) is 9.02. The molecular weight excluding hydrogens is 240 g/mol. The molecular formula is C15H20N2S. The highest BCUT2D eigenvalue weighted by molar-refractivity contribution is 7.17. The highest BCUT2D eigenvalue weighted by Crippen LogP contribution is 2.27. The lowest BCUT2D eigenvalue weighted by Crippen LogP contribution is -2.45. The molecule has 0 radical (unpaired) electrons. The van der Waals surface area contributed by atoms with Gasteiger partial charge in [-0.3, -0.25) is 4.90 Å². The van der Waals surface area contributed by atoms with Crippen LogP contribution in [0.3, 0.4) is 0 Å². The number of hydrogen-bond donors (Lipinski definition) is 1. The summed E-state index contributed by atoms with van der Waals surface area (Å²) in [4.78, 5) is 2.51. The van der Waals surface area contributed by atoms with Crippen molar-refractivity contribution in [2.75, 3.05) is 13.1 Å². The summed E-state index contributed by atoms with van der Waals surface area (Å²) >= 11 is 1.85. The molecule has 1 aromatic carbocycles. The van der Waals surface area contributed by atoms with Crippen LogP contribution >= 0.6 is 11.3 Å². The van der Waals surface area contributed by atoms with E-state index in [-0.39, 0.29) is 0 Å². The standard InChI is InChI=1S/C15H20N2S/c1-11-6-13(16)9-17(7-11)8-12-10-18-15-5-3-2-4-14(12)15/h2-5,10-11,13H,6-9,16H2,1H3. The van der Waals surface area contributed by atoms with Crippen molar-refractivity contribution in [2.24, 2.45) is 11.7 Å². The molecule has 96 valence electrons. The summed E-state index contributed by atoms with van der Waals surface area (Å²) in [5.41, 5.74) is 7.57. The maximum Gasteiger partial charge on any atom is 0.0346 e. The lowest BCUT2D eigenvalue weighted by Gasteiger charge is -2.34. The van der Waals surface area contributed by atoms with Crippen molar-refractivity contribution < 1.29 is 0 Å². The van der Waals surface area contributed by atoms with Gasteiger partial charge in [0.05, 0.1) is 0 Å². The highest BCUT2D eigenvalue weighted by Gasteiger charge is 2.22. The van der Waals surface area contributed by atoms with Crippen LogP contribution in [0.2, 0.25) is 0 Å². The van der Waals surface area contributed by atoms with E-state index in [0.717, 1.165) is 19.0 Å². The van der Waals surface area contributed by atoms with E-state index in [0.29, 0.717) is 6.04 Å². The molecule has 1 aliphatic heterocycles. The molecule has 1 aliphatic rings. The smallest absolute Gasteiger partial charge is 0.0346 e. The van der Waals surface area contributed by atoms with Gasteiger partial charge in [0.1, 0.15) is 0 Å². The Labute approximate surface area is 112 Å². The molecule has 0 amide bonds. The average molecular weight is 260 g/mol. The lowest BCUT2D eigenvalue weighted by molar-refractivity contribution is 0.159. The number of piperidine rings is 1. The van der Waals surface area contributed by atoms with E-state index < -0.39 is 0 Å². The second-order valence-electron chi connectivity index (χ2n) is 5.55. The van der Waals surface area contributed by atoms with Crippen molar-refractivity contribution in [3.05, 3.63) is 35.2 Å². The molecule has 0 saturated carbocycles. The Balaban J connectivity index is 1.79. The third kappa shape index (κ3) is 2.44. The molecule has 18 heavy (non-hydrogen) atoms. The molecule has 3 rings (SSSR count). The van der Waals surface area contributed by atoms with E-state index in [9.17, 15) is 0 Å². The third-order valence-electron chi connectivity index (χ3n) is 3.72. The van der Waals surface area contributed by atoms with E-state index >= 15 is 0 Å². The molecule has 0 bridgehead atoms. The van der Waals surface area contributed by atoms with Gasteiger partial charge in [-0.05, 0) is 34.7 Å². The minimum Gasteiger partial charge on any atom is -0.327 e. The van der Waals surface area contributed by atoms with Crippen LogP contribution in [0.4, 0.5) is 0 Å². The van der Waals surface area contributed by atoms with Gasteiger partial charge in [-0.15, -0.1) is 11.3 Å². The fraction of sp³-hybridized carbons (Fsp3) is 0.467. The van der Waals surface area contributed by atoms with Crippen LogP contribution in [0.1, 0.15) is 18.9 Å². The number of likely N-dealkylation sites (tertiary alicyclic amines) is 1. The summed E-state index contributed by atoms with van der Waals surface area (Å²) in [7, 11) is 0. The average Bonchev–Trinajstić information content (AvgIpc) is 2.72. The maximum atomic E-state index is 6.12. The number of nitrogens with zero attached hydrogens (tertiary/aromatic N) is 1. The minimum atomic E-state index is 0.346. The number of hydrogen-bond acceptors (Lipinski definition) is 3. The normalized spacial score (nSPS) is 25.7. The van der Waals surface area contributed by atoms with Gasteiger partial charge in [0.25, 0.3) is 0 Å². The zero-order chi connectivity index (χ0) is 12.5. The molecule has 2 atom stereocenters. The van der Waals surface area contributed by atoms with Crippen LogP contribution in [-0.2, 0) is 6.54 Å². The molecule has 3 heteroatoms. The largest absolute Gasteiger partial charge is 0.327 e. The Hall–Kier alpha value is -0.900. The number of fused-ring (bicyclic) bond motifs is 1. The summed E-state index contributed by atoms with van der Waals surface area (Å²) in [5.74, 6) is 0.721. The van der Waals surface area contributed by atoms with Gasteiger partial charge in [0.2, 0.25) is 0 Å². The zero-order valence-electron chi connectivity index (χ0n) is 10.8. The molecule has 2 nitrogen and oxygen atoms in total. The number of rotatable bonds is 2. The summed E-state index contributed by atoms with van der Waals surface area (Å²) < 4.78 is 1.39. The number of thiophene rings is 1. The first-order valence-electron chi connectivity index (χ1n) is 6.65. The van der Waals surface area contributed by atoms with E-state index in [1.54, 1.807) is 0 Å². The van der Waals surface area contributed by atoms with Gasteiger partial charge < -0.3 is 5.73 Å². The molecule has 0 spiro atoms. The fourth-order valence-electron chi connectivity index (χ4n) is 3.04. The Bertz CT molecular complexity index is 524. The maximum absolute atomic E-state index is 6.12. The van der Waals surface area contributed by atoms with E-state index in [2.05, 4.69) is 41.5 Å². The molecule has 2 unspecified atom stereocenters. The van der Waals surface area contributed by atoms with Gasteiger partial charge in [-0.1, -0.05) is 25.1 Å². The van der Waals surface area contributed by atoms with Crippen molar-refractivity contribution in [2.45, 2.75) is 25.9 Å². The van der Waals surface area contributed by atoms with Crippen molar-refractivity contribution in [3.8, 4) is 0 Å². The summed E-state index contributed by atoms with van der Waals surface area (Å²) in [6.45, 7) is 5.56. The Morgan fingerprint density at radius 1 is 1.33 bits per heavy atom. The van der Waals surface area contributed by atoms with Crippen LogP contribution < -0.4 is 5.73 Å². The molecule has 1 aromatic heterocycles. The SMILES string of the molecule is CC1CC(N)CN(Cc2csc3ccccc23)C1. The van der Waals surface area contributed by atoms with E-state index in [1.807, 2.05) is 11.3 Å². The molecule has 2 heterocycles. The Morgan fingerprint density at radius 3 is 3.00 bits per heavy atom. The van der Waals surface area contributed by atoms with Crippen LogP contribution in [0.15, 0.2) is 29.6 Å². The highest BCUT2D eigenvalue weighted by atomic mass is 32.1. The zero-order valence-corrected chi connectivity index (χ0v) is 11.6. The first-order chi connectivity index (χ1) is 8.72. The lowest BCUT2D eigenvalue weighted by atomic mass is 9.96. The molecule has 2 aromatic rings. The number of benzene rings is 1. The third-order valence-corrected chi connectivity index (χ3v) is 4.74. The van der Waals surface area contributed by atoms with E-state index in [4.69, 9.17) is 5.73 Å². The van der Waals surface area contributed by atoms with Gasteiger partial charge >= 0.3 is 0 Å². The Morgan fingerprint density at radius 2 is 2.17 bits per heavy atom. The molecule has 2 N–H and O–H groups in total. The monoisotopic (exact) mass is 260 g/mol. The molecule has 1 fully saturated rings. The van der Waals surface area contributed by atoms with Gasteiger partial charge in [-0.25, -0.2) is 0 Å². The molecule has 1 saturated heterocycles. The van der Waals surface area contributed by atoms with Gasteiger partial charge in [0, 0.05) is 30.4 Å². The predicted molar refractivity (Wildman–Crippen MR) is 78.9 cm³/mol.